The number of hydrogen-bond acceptors (Lipinski definition) is 3. The fourth-order valence-corrected chi connectivity index (χ4v) is 2.31. The van der Waals surface area contributed by atoms with Crippen molar-refractivity contribution >= 4 is 17.0 Å². The highest BCUT2D eigenvalue weighted by molar-refractivity contribution is 5.97. The molecule has 0 unspecified atom stereocenters. The first-order chi connectivity index (χ1) is 10.6. The molecule has 1 amide bonds. The van der Waals surface area contributed by atoms with Gasteiger partial charge in [-0.1, -0.05) is 30.3 Å². The first-order valence-corrected chi connectivity index (χ1v) is 7.36. The summed E-state index contributed by atoms with van der Waals surface area (Å²) in [7, 11) is 0. The number of carbonyl (C=O) groups excluding carboxylic acids is 1. The molecule has 0 radical (unpaired) electrons. The molecule has 0 saturated heterocycles. The predicted molar refractivity (Wildman–Crippen MR) is 85.9 cm³/mol. The number of nitrogens with zero attached hydrogens (tertiary/aromatic N) is 1. The summed E-state index contributed by atoms with van der Waals surface area (Å²) in [5.74, 6) is 0.556. The molecule has 0 saturated carbocycles. The summed E-state index contributed by atoms with van der Waals surface area (Å²) in [5.41, 5.74) is 3.14. The molecule has 3 aromatic rings. The molecule has 3 rings (SSSR count). The normalized spacial score (nSPS) is 11.0. The van der Waals surface area contributed by atoms with Crippen LogP contribution in [0.5, 0.6) is 0 Å². The van der Waals surface area contributed by atoms with Gasteiger partial charge in [0, 0.05) is 18.0 Å². The third-order valence-corrected chi connectivity index (χ3v) is 3.31. The highest BCUT2D eigenvalue weighted by atomic mass is 16.3. The highest BCUT2D eigenvalue weighted by Gasteiger charge is 2.11. The number of benzene rings is 2. The van der Waals surface area contributed by atoms with E-state index in [4.69, 9.17) is 4.42 Å². The van der Waals surface area contributed by atoms with Gasteiger partial charge >= 0.3 is 0 Å². The van der Waals surface area contributed by atoms with Crippen molar-refractivity contribution in [3.63, 3.8) is 0 Å². The summed E-state index contributed by atoms with van der Waals surface area (Å²) in [6.07, 6.45) is 0.642. The lowest BCUT2D eigenvalue weighted by Crippen LogP contribution is -2.29. The standard InChI is InChI=1S/C18H18N2O2/c1-12(2)19-18(21)14-8-9-15-16(11-14)22-17(20-15)10-13-6-4-3-5-7-13/h3-9,11-12H,10H2,1-2H3,(H,19,21). The van der Waals surface area contributed by atoms with E-state index in [9.17, 15) is 4.79 Å². The van der Waals surface area contributed by atoms with Crippen molar-refractivity contribution in [1.82, 2.24) is 10.3 Å². The van der Waals surface area contributed by atoms with Gasteiger partial charge in [0.25, 0.3) is 5.91 Å². The minimum atomic E-state index is -0.0992. The Morgan fingerprint density at radius 1 is 1.18 bits per heavy atom. The lowest BCUT2D eigenvalue weighted by Gasteiger charge is -2.07. The quantitative estimate of drug-likeness (QED) is 0.800. The molecule has 0 aliphatic carbocycles. The maximum absolute atomic E-state index is 12.0. The molecule has 22 heavy (non-hydrogen) atoms. The molecule has 1 N–H and O–H groups in total. The fourth-order valence-electron chi connectivity index (χ4n) is 2.31. The lowest BCUT2D eigenvalue weighted by molar-refractivity contribution is 0.0943. The second kappa shape index (κ2) is 6.02. The van der Waals surface area contributed by atoms with Gasteiger partial charge in [-0.05, 0) is 37.6 Å². The average Bonchev–Trinajstić information content (AvgIpc) is 2.88. The summed E-state index contributed by atoms with van der Waals surface area (Å²) >= 11 is 0. The third kappa shape index (κ3) is 3.17. The summed E-state index contributed by atoms with van der Waals surface area (Å²) in [6, 6.07) is 15.5. The topological polar surface area (TPSA) is 55.1 Å². The van der Waals surface area contributed by atoms with E-state index in [0.29, 0.717) is 23.5 Å². The second-order valence-electron chi connectivity index (χ2n) is 5.58. The monoisotopic (exact) mass is 294 g/mol. The van der Waals surface area contributed by atoms with Gasteiger partial charge in [0.1, 0.15) is 5.52 Å². The van der Waals surface area contributed by atoms with Crippen LogP contribution in [-0.2, 0) is 6.42 Å². The molecular weight excluding hydrogens is 276 g/mol. The Hall–Kier alpha value is -2.62. The molecule has 2 aromatic carbocycles. The van der Waals surface area contributed by atoms with Crippen molar-refractivity contribution in [2.24, 2.45) is 0 Å². The number of rotatable bonds is 4. The van der Waals surface area contributed by atoms with Crippen molar-refractivity contribution in [3.05, 3.63) is 65.5 Å². The maximum Gasteiger partial charge on any atom is 0.251 e. The maximum atomic E-state index is 12.0. The largest absolute Gasteiger partial charge is 0.440 e. The SMILES string of the molecule is CC(C)NC(=O)c1ccc2nc(Cc3ccccc3)oc2c1. The first-order valence-electron chi connectivity index (χ1n) is 7.36. The number of amides is 1. The van der Waals surface area contributed by atoms with Crippen molar-refractivity contribution in [2.45, 2.75) is 26.3 Å². The third-order valence-electron chi connectivity index (χ3n) is 3.31. The van der Waals surface area contributed by atoms with Gasteiger partial charge in [-0.3, -0.25) is 4.79 Å². The van der Waals surface area contributed by atoms with Crippen molar-refractivity contribution < 1.29 is 9.21 Å². The summed E-state index contributed by atoms with van der Waals surface area (Å²) in [4.78, 5) is 16.5. The summed E-state index contributed by atoms with van der Waals surface area (Å²) < 4.78 is 5.78. The molecular formula is C18H18N2O2. The first kappa shape index (κ1) is 14.3. The Bertz CT molecular complexity index is 791. The van der Waals surface area contributed by atoms with Crippen LogP contribution in [0.3, 0.4) is 0 Å². The highest BCUT2D eigenvalue weighted by Crippen LogP contribution is 2.19. The number of oxazole rings is 1. The molecule has 0 aliphatic rings. The van der Waals surface area contributed by atoms with Crippen LogP contribution in [0, 0.1) is 0 Å². The van der Waals surface area contributed by atoms with E-state index in [1.807, 2.05) is 50.2 Å². The van der Waals surface area contributed by atoms with Crippen LogP contribution in [0.15, 0.2) is 52.9 Å². The summed E-state index contributed by atoms with van der Waals surface area (Å²) in [5, 5.41) is 2.87. The van der Waals surface area contributed by atoms with Crippen LogP contribution < -0.4 is 5.32 Å². The smallest absolute Gasteiger partial charge is 0.251 e. The van der Waals surface area contributed by atoms with Gasteiger partial charge in [0.05, 0.1) is 0 Å². The lowest BCUT2D eigenvalue weighted by atomic mass is 10.1. The number of carbonyl (C=O) groups is 1. The zero-order valence-electron chi connectivity index (χ0n) is 12.7. The molecule has 0 bridgehead atoms. The van der Waals surface area contributed by atoms with E-state index in [2.05, 4.69) is 10.3 Å². The van der Waals surface area contributed by atoms with Crippen molar-refractivity contribution in [2.75, 3.05) is 0 Å². The number of nitrogens with one attached hydrogen (secondary N) is 1. The van der Waals surface area contributed by atoms with E-state index >= 15 is 0 Å². The molecule has 0 fully saturated rings. The van der Waals surface area contributed by atoms with Gasteiger partial charge in [-0.2, -0.15) is 0 Å². The van der Waals surface area contributed by atoms with E-state index < -0.39 is 0 Å². The molecule has 1 aromatic heterocycles. The molecule has 0 atom stereocenters. The Labute approximate surface area is 129 Å². The van der Waals surface area contributed by atoms with Crippen LogP contribution in [0.4, 0.5) is 0 Å². The molecule has 4 heteroatoms. The van der Waals surface area contributed by atoms with Gasteiger partial charge in [-0.15, -0.1) is 0 Å². The van der Waals surface area contributed by atoms with Crippen LogP contribution in [0.2, 0.25) is 0 Å². The Balaban J connectivity index is 1.85. The van der Waals surface area contributed by atoms with Crippen LogP contribution in [0.1, 0.15) is 35.7 Å². The van der Waals surface area contributed by atoms with Crippen LogP contribution >= 0.6 is 0 Å². The fraction of sp³-hybridized carbons (Fsp3) is 0.222. The predicted octanol–water partition coefficient (Wildman–Crippen LogP) is 3.56. The van der Waals surface area contributed by atoms with E-state index in [1.54, 1.807) is 12.1 Å². The zero-order chi connectivity index (χ0) is 15.5. The Kier molecular flexibility index (Phi) is 3.92. The van der Waals surface area contributed by atoms with E-state index in [-0.39, 0.29) is 11.9 Å². The van der Waals surface area contributed by atoms with E-state index in [1.165, 1.54) is 0 Å². The number of fused-ring (bicyclic) bond motifs is 1. The number of aromatic nitrogens is 1. The van der Waals surface area contributed by atoms with Crippen LogP contribution in [0.25, 0.3) is 11.1 Å². The molecule has 4 nitrogen and oxygen atoms in total. The minimum Gasteiger partial charge on any atom is -0.440 e. The second-order valence-corrected chi connectivity index (χ2v) is 5.58. The summed E-state index contributed by atoms with van der Waals surface area (Å²) in [6.45, 7) is 3.87. The minimum absolute atomic E-state index is 0.0992. The zero-order valence-corrected chi connectivity index (χ0v) is 12.7. The van der Waals surface area contributed by atoms with E-state index in [0.717, 1.165) is 11.1 Å². The molecule has 112 valence electrons. The van der Waals surface area contributed by atoms with Gasteiger partial charge in [0.2, 0.25) is 0 Å². The molecule has 0 spiro atoms. The molecule has 0 aliphatic heterocycles. The van der Waals surface area contributed by atoms with Gasteiger partial charge < -0.3 is 9.73 Å². The Morgan fingerprint density at radius 2 is 1.95 bits per heavy atom. The Morgan fingerprint density at radius 3 is 2.68 bits per heavy atom. The van der Waals surface area contributed by atoms with Crippen LogP contribution in [-0.4, -0.2) is 16.9 Å². The van der Waals surface area contributed by atoms with Crippen molar-refractivity contribution in [3.8, 4) is 0 Å². The number of hydrogen-bond donors (Lipinski definition) is 1. The molecule has 1 heterocycles. The van der Waals surface area contributed by atoms with Crippen molar-refractivity contribution in [1.29, 1.82) is 0 Å². The average molecular weight is 294 g/mol. The van der Waals surface area contributed by atoms with Gasteiger partial charge in [-0.25, -0.2) is 4.98 Å². The van der Waals surface area contributed by atoms with Gasteiger partial charge in [0.15, 0.2) is 11.5 Å².